The van der Waals surface area contributed by atoms with Crippen LogP contribution >= 0.6 is 0 Å². The van der Waals surface area contributed by atoms with E-state index < -0.39 is 50.1 Å². The Balaban J connectivity index is 1.33. The lowest BCUT2D eigenvalue weighted by Crippen LogP contribution is -2.14. The molecule has 18 heteroatoms. The first-order valence-electron chi connectivity index (χ1n) is 14.2. The molecule has 50 heavy (non-hydrogen) atoms. The van der Waals surface area contributed by atoms with Crippen molar-refractivity contribution in [1.29, 1.82) is 0 Å². The lowest BCUT2D eigenvalue weighted by molar-refractivity contribution is 0.480. The molecule has 0 radical (unpaired) electrons. The molecule has 0 fully saturated rings. The number of benzene rings is 4. The van der Waals surface area contributed by atoms with Crippen molar-refractivity contribution in [3.8, 4) is 0 Å². The number of fused-ring (bicyclic) bond motifs is 2. The second kappa shape index (κ2) is 12.9. The van der Waals surface area contributed by atoms with Crippen LogP contribution in [-0.4, -0.2) is 52.7 Å². The Morgan fingerprint density at radius 1 is 0.480 bits per heavy atom. The molecule has 0 unspecified atom stereocenters. The molecule has 14 nitrogen and oxygen atoms in total. The molecule has 0 aliphatic rings. The van der Waals surface area contributed by atoms with Crippen LogP contribution in [0.2, 0.25) is 0 Å². The molecule has 0 amide bonds. The molecule has 4 N–H and O–H groups in total. The third kappa shape index (κ3) is 7.20. The van der Waals surface area contributed by atoms with Gasteiger partial charge in [0, 0.05) is 23.2 Å². The van der Waals surface area contributed by atoms with E-state index in [9.17, 15) is 42.8 Å². The average molecular weight is 753 g/mol. The number of anilines is 2. The fourth-order valence-corrected chi connectivity index (χ4v) is 8.98. The minimum Gasteiger partial charge on any atom is -0.282 e. The molecule has 0 aliphatic heterocycles. The summed E-state index contributed by atoms with van der Waals surface area (Å²) < 4.78 is 127. The zero-order valence-corrected chi connectivity index (χ0v) is 28.5. The van der Waals surface area contributed by atoms with Gasteiger partial charge in [-0.3, -0.25) is 28.5 Å². The molecule has 0 aliphatic carbocycles. The summed E-state index contributed by atoms with van der Waals surface area (Å²) in [7, 11) is -18.5. The van der Waals surface area contributed by atoms with Crippen LogP contribution in [0.5, 0.6) is 0 Å². The molecule has 0 atom stereocenters. The van der Waals surface area contributed by atoms with Crippen LogP contribution in [0.4, 0.5) is 11.4 Å². The molecule has 0 bridgehead atoms. The van der Waals surface area contributed by atoms with Gasteiger partial charge in [0.2, 0.25) is 0 Å². The van der Waals surface area contributed by atoms with Crippen molar-refractivity contribution < 1.29 is 42.8 Å². The van der Waals surface area contributed by atoms with E-state index in [1.165, 1.54) is 48.8 Å². The number of nitrogens with one attached hydrogen (secondary N) is 2. The smallest absolute Gasteiger partial charge is 0.282 e. The zero-order chi connectivity index (χ0) is 35.9. The highest BCUT2D eigenvalue weighted by Crippen LogP contribution is 2.30. The molecule has 0 saturated carbocycles. The summed E-state index contributed by atoms with van der Waals surface area (Å²) in [6, 6.07) is 22.1. The van der Waals surface area contributed by atoms with Gasteiger partial charge in [-0.1, -0.05) is 60.7 Å². The van der Waals surface area contributed by atoms with E-state index in [1.807, 2.05) is 0 Å². The Hall–Kier alpha value is -5.24. The summed E-state index contributed by atoms with van der Waals surface area (Å²) in [6.45, 7) is 0. The van der Waals surface area contributed by atoms with Gasteiger partial charge in [0.1, 0.15) is 19.6 Å². The fourth-order valence-electron chi connectivity index (χ4n) is 5.10. The maximum atomic E-state index is 13.3. The van der Waals surface area contributed by atoms with Gasteiger partial charge < -0.3 is 0 Å². The van der Waals surface area contributed by atoms with Crippen LogP contribution in [0.3, 0.4) is 0 Å². The minimum atomic E-state index is -4.97. The average Bonchev–Trinajstić information content (AvgIpc) is 3.06. The van der Waals surface area contributed by atoms with E-state index >= 15 is 0 Å². The van der Waals surface area contributed by atoms with Crippen LogP contribution in [0, 0.1) is 0 Å². The summed E-state index contributed by atoms with van der Waals surface area (Å²) in [6.07, 6.45) is 5.04. The van der Waals surface area contributed by atoms with Crippen molar-refractivity contribution in [3.05, 3.63) is 121 Å². The molecule has 256 valence electrons. The summed E-state index contributed by atoms with van der Waals surface area (Å²) in [4.78, 5) is 6.44. The number of hydrogen-bond donors (Lipinski definition) is 4. The van der Waals surface area contributed by atoms with E-state index in [1.54, 1.807) is 36.4 Å². The topological polar surface area (TPSA) is 227 Å². The number of rotatable bonds is 10. The predicted molar refractivity (Wildman–Crippen MR) is 187 cm³/mol. The molecule has 0 saturated heterocycles. The molecule has 6 aromatic rings. The number of pyridine rings is 2. The molecule has 0 spiro atoms. The quantitative estimate of drug-likeness (QED) is 0.107. The monoisotopic (exact) mass is 752 g/mol. The third-order valence-corrected chi connectivity index (χ3v) is 11.9. The van der Waals surface area contributed by atoms with E-state index in [2.05, 4.69) is 19.4 Å². The summed E-state index contributed by atoms with van der Waals surface area (Å²) in [5.74, 6) is 0. The minimum absolute atomic E-state index is 0.176. The molecule has 4 aromatic carbocycles. The van der Waals surface area contributed by atoms with E-state index in [-0.39, 0.29) is 43.3 Å². The lowest BCUT2D eigenvalue weighted by Gasteiger charge is -2.13. The Labute approximate surface area is 286 Å². The molecular weight excluding hydrogens is 729 g/mol. The Bertz CT molecular complexity index is 2600. The Morgan fingerprint density at radius 2 is 0.860 bits per heavy atom. The second-order valence-corrected chi connectivity index (χ2v) is 16.7. The number of hydrogen-bond acceptors (Lipinski definition) is 10. The van der Waals surface area contributed by atoms with Gasteiger partial charge in [0.15, 0.2) is 0 Å². The van der Waals surface area contributed by atoms with Crippen molar-refractivity contribution >= 4 is 85.6 Å². The van der Waals surface area contributed by atoms with Crippen LogP contribution in [0.15, 0.2) is 129 Å². The zero-order valence-electron chi connectivity index (χ0n) is 25.2. The Kier molecular flexibility index (Phi) is 8.93. The molecule has 2 aromatic heterocycles. The molecule has 6 rings (SSSR count). The number of nitrogens with zero attached hydrogens (tertiary/aromatic N) is 2. The highest BCUT2D eigenvalue weighted by atomic mass is 32.2. The second-order valence-electron chi connectivity index (χ2n) is 10.7. The maximum absolute atomic E-state index is 13.3. The SMILES string of the molecule is O=S(=O)(O)c1cc(NS(=O)(=O)c2cccc3cccnc23)ccc1C=Cc1ccc(NS(=O)(=O)c2cccc3cccnc23)cc1S(=O)(=O)O. The van der Waals surface area contributed by atoms with E-state index in [0.29, 0.717) is 10.8 Å². The molecular formula is C32H24N4O10S4. The van der Waals surface area contributed by atoms with Crippen LogP contribution in [0.25, 0.3) is 34.0 Å². The summed E-state index contributed by atoms with van der Waals surface area (Å²) >= 11 is 0. The van der Waals surface area contributed by atoms with Gasteiger partial charge in [-0.2, -0.15) is 16.8 Å². The van der Waals surface area contributed by atoms with Crippen molar-refractivity contribution in [2.45, 2.75) is 19.6 Å². The molecule has 2 heterocycles. The standard InChI is InChI=1S/C32H24N4O10S4/c37-47(38,27-9-1-5-23-7-3-17-33-31(23)27)35-25-15-13-21(29(19-25)49(41,42)43)11-12-22-14-16-26(20-30(22)50(44,45)46)36-48(39,40)28-10-2-6-24-8-4-18-34-32(24)28/h1-20,35-36H,(H,41,42,43)(H,44,45,46). The highest BCUT2D eigenvalue weighted by Gasteiger charge is 2.23. The van der Waals surface area contributed by atoms with Crippen molar-refractivity contribution in [2.24, 2.45) is 0 Å². The van der Waals surface area contributed by atoms with Gasteiger partial charge in [0.05, 0.1) is 22.4 Å². The van der Waals surface area contributed by atoms with Crippen LogP contribution in [-0.2, 0) is 40.3 Å². The predicted octanol–water partition coefficient (Wildman–Crippen LogP) is 5.05. The highest BCUT2D eigenvalue weighted by molar-refractivity contribution is 7.93. The Morgan fingerprint density at radius 3 is 1.24 bits per heavy atom. The first-order valence-corrected chi connectivity index (χ1v) is 20.0. The first-order chi connectivity index (χ1) is 23.5. The van der Waals surface area contributed by atoms with Gasteiger partial charge in [-0.25, -0.2) is 16.8 Å². The number of aromatic nitrogens is 2. The van der Waals surface area contributed by atoms with Crippen molar-refractivity contribution in [2.75, 3.05) is 9.44 Å². The maximum Gasteiger partial charge on any atom is 0.295 e. The van der Waals surface area contributed by atoms with Crippen molar-refractivity contribution in [3.63, 3.8) is 0 Å². The summed E-state index contributed by atoms with van der Waals surface area (Å²) in [5.41, 5.74) is -0.459. The van der Waals surface area contributed by atoms with Crippen LogP contribution in [0.1, 0.15) is 11.1 Å². The summed E-state index contributed by atoms with van der Waals surface area (Å²) in [5, 5.41) is 1.10. The van der Waals surface area contributed by atoms with E-state index in [0.717, 1.165) is 36.4 Å². The van der Waals surface area contributed by atoms with Gasteiger partial charge >= 0.3 is 0 Å². The largest absolute Gasteiger partial charge is 0.295 e. The normalized spacial score (nSPS) is 12.8. The fraction of sp³-hybridized carbons (Fsp3) is 0. The van der Waals surface area contributed by atoms with Crippen LogP contribution < -0.4 is 9.44 Å². The number of sulfonamides is 2. The van der Waals surface area contributed by atoms with Gasteiger partial charge in [-0.05, 0) is 59.7 Å². The van der Waals surface area contributed by atoms with Gasteiger partial charge in [0.25, 0.3) is 40.3 Å². The van der Waals surface area contributed by atoms with Crippen molar-refractivity contribution in [1.82, 2.24) is 9.97 Å². The van der Waals surface area contributed by atoms with Gasteiger partial charge in [-0.15, -0.1) is 0 Å². The lowest BCUT2D eigenvalue weighted by atomic mass is 10.1. The number of para-hydroxylation sites is 2. The first kappa shape index (κ1) is 34.6. The van der Waals surface area contributed by atoms with E-state index in [4.69, 9.17) is 0 Å². The third-order valence-electron chi connectivity index (χ3n) is 7.30.